The lowest BCUT2D eigenvalue weighted by Crippen LogP contribution is -2.57. The zero-order chi connectivity index (χ0) is 33.4. The summed E-state index contributed by atoms with van der Waals surface area (Å²) in [5.74, 6) is 2.65. The number of pyridine rings is 1. The van der Waals surface area contributed by atoms with Crippen LogP contribution in [0.2, 0.25) is 0 Å². The lowest BCUT2D eigenvalue weighted by atomic mass is 9.59. The van der Waals surface area contributed by atoms with Gasteiger partial charge in [-0.05, 0) is 91.0 Å². The van der Waals surface area contributed by atoms with Crippen LogP contribution in [0.5, 0.6) is 17.2 Å². The second kappa shape index (κ2) is 13.4. The van der Waals surface area contributed by atoms with E-state index in [1.165, 1.54) is 36.8 Å². The van der Waals surface area contributed by atoms with Gasteiger partial charge in [0, 0.05) is 61.5 Å². The quantitative estimate of drug-likeness (QED) is 0.160. The molecule has 2 saturated heterocycles. The molecule has 7 nitrogen and oxygen atoms in total. The molecule has 2 aromatic heterocycles. The molecular formula is C42H46N4O3. The first-order chi connectivity index (χ1) is 24.0. The van der Waals surface area contributed by atoms with E-state index in [9.17, 15) is 4.79 Å². The number of nitrogens with zero attached hydrogens (tertiary/aromatic N) is 3. The van der Waals surface area contributed by atoms with Gasteiger partial charge < -0.3 is 19.4 Å². The number of carbonyl (C=O) groups is 1. The molecule has 1 spiro atoms. The van der Waals surface area contributed by atoms with E-state index in [1.807, 2.05) is 36.5 Å². The number of anilines is 1. The van der Waals surface area contributed by atoms with Crippen molar-refractivity contribution in [2.24, 2.45) is 5.41 Å². The van der Waals surface area contributed by atoms with Crippen LogP contribution in [0.3, 0.4) is 0 Å². The Bertz CT molecular complexity index is 1900. The number of aromatic nitrogens is 2. The van der Waals surface area contributed by atoms with Crippen LogP contribution in [-0.4, -0.2) is 52.9 Å². The number of piperidine rings is 2. The third kappa shape index (κ3) is 6.44. The monoisotopic (exact) mass is 654 g/mol. The second-order valence-corrected chi connectivity index (χ2v) is 14.7. The highest BCUT2D eigenvalue weighted by Crippen LogP contribution is 2.54. The van der Waals surface area contributed by atoms with E-state index >= 15 is 0 Å². The van der Waals surface area contributed by atoms with Crippen molar-refractivity contribution in [2.45, 2.75) is 76.5 Å². The SMILES string of the molecule is CC(C)c1ccccc1C1CC(Oc2ccccc2)CCN1C1CC2(CCN(c3ccc(C=O)c(Oc4cnc5[nH]ccc5c4)c3)CC2)C1. The fourth-order valence-corrected chi connectivity index (χ4v) is 8.66. The van der Waals surface area contributed by atoms with Gasteiger partial charge in [-0.2, -0.15) is 0 Å². The smallest absolute Gasteiger partial charge is 0.153 e. The Hall–Kier alpha value is -4.62. The minimum Gasteiger partial charge on any atom is -0.490 e. The Kier molecular flexibility index (Phi) is 8.62. The molecular weight excluding hydrogens is 608 g/mol. The Morgan fingerprint density at radius 3 is 2.51 bits per heavy atom. The largest absolute Gasteiger partial charge is 0.490 e. The van der Waals surface area contributed by atoms with Crippen molar-refractivity contribution in [1.82, 2.24) is 14.9 Å². The number of nitrogens with one attached hydrogen (secondary N) is 1. The number of para-hydroxylation sites is 1. The minimum atomic E-state index is 0.216. The van der Waals surface area contributed by atoms with Gasteiger partial charge in [0.2, 0.25) is 0 Å². The van der Waals surface area contributed by atoms with Gasteiger partial charge in [-0.3, -0.25) is 9.69 Å². The zero-order valence-electron chi connectivity index (χ0n) is 28.6. The molecule has 1 saturated carbocycles. The standard InChI is InChI=1S/C42H46N4O3/c1-29(2)37-10-6-7-11-38(37)39-24-35(48-34-8-4-3-5-9-34)15-19-46(39)33-25-42(26-33)16-20-45(21-17-42)32-13-12-31(28-47)40(23-32)49-36-22-30-14-18-43-41(30)44-27-36/h3-14,18,22-23,27-29,33,35,39H,15-17,19-21,24-26H2,1-2H3,(H,43,44). The van der Waals surface area contributed by atoms with Crippen LogP contribution < -0.4 is 14.4 Å². The molecule has 0 bridgehead atoms. The fraction of sp³-hybridized carbons (Fsp3) is 0.381. The van der Waals surface area contributed by atoms with E-state index in [-0.39, 0.29) is 6.10 Å². The van der Waals surface area contributed by atoms with Crippen molar-refractivity contribution in [3.8, 4) is 17.2 Å². The first kappa shape index (κ1) is 31.6. The summed E-state index contributed by atoms with van der Waals surface area (Å²) in [6, 6.07) is 30.3. The number of aldehydes is 1. The van der Waals surface area contributed by atoms with E-state index in [4.69, 9.17) is 9.47 Å². The molecule has 2 aliphatic heterocycles. The number of H-pyrrole nitrogens is 1. The Labute approximate surface area is 289 Å². The second-order valence-electron chi connectivity index (χ2n) is 14.7. The number of carbonyl (C=O) groups excluding carboxylic acids is 1. The van der Waals surface area contributed by atoms with Gasteiger partial charge in [-0.25, -0.2) is 4.98 Å². The van der Waals surface area contributed by atoms with Crippen LogP contribution in [-0.2, 0) is 0 Å². The van der Waals surface area contributed by atoms with Gasteiger partial charge in [0.1, 0.15) is 29.0 Å². The molecule has 3 aromatic carbocycles. The summed E-state index contributed by atoms with van der Waals surface area (Å²) >= 11 is 0. The Morgan fingerprint density at radius 2 is 1.71 bits per heavy atom. The van der Waals surface area contributed by atoms with Gasteiger partial charge >= 0.3 is 0 Å². The number of hydrogen-bond donors (Lipinski definition) is 1. The maximum Gasteiger partial charge on any atom is 0.153 e. The minimum absolute atomic E-state index is 0.216. The van der Waals surface area contributed by atoms with Crippen molar-refractivity contribution >= 4 is 23.0 Å². The maximum atomic E-state index is 11.9. The molecule has 2 atom stereocenters. The number of ether oxygens (including phenoxy) is 2. The highest BCUT2D eigenvalue weighted by Gasteiger charge is 2.50. The molecule has 0 radical (unpaired) electrons. The highest BCUT2D eigenvalue weighted by molar-refractivity contribution is 5.81. The van der Waals surface area contributed by atoms with Gasteiger partial charge in [-0.1, -0.05) is 56.3 Å². The molecule has 1 N–H and O–H groups in total. The van der Waals surface area contributed by atoms with E-state index < -0.39 is 0 Å². The van der Waals surface area contributed by atoms with E-state index in [1.54, 1.807) is 6.20 Å². The molecule has 8 rings (SSSR count). The number of aromatic amines is 1. The summed E-state index contributed by atoms with van der Waals surface area (Å²) in [6.45, 7) is 7.72. The topological polar surface area (TPSA) is 70.7 Å². The summed E-state index contributed by atoms with van der Waals surface area (Å²) < 4.78 is 12.8. The zero-order valence-corrected chi connectivity index (χ0v) is 28.6. The van der Waals surface area contributed by atoms with Crippen molar-refractivity contribution in [3.63, 3.8) is 0 Å². The Morgan fingerprint density at radius 1 is 0.918 bits per heavy atom. The average Bonchev–Trinajstić information content (AvgIpc) is 3.59. The average molecular weight is 655 g/mol. The molecule has 1 aliphatic carbocycles. The molecule has 5 aromatic rings. The predicted octanol–water partition coefficient (Wildman–Crippen LogP) is 9.32. The molecule has 49 heavy (non-hydrogen) atoms. The lowest BCUT2D eigenvalue weighted by molar-refractivity contribution is -0.0637. The van der Waals surface area contributed by atoms with Crippen LogP contribution in [0.25, 0.3) is 11.0 Å². The van der Waals surface area contributed by atoms with Crippen LogP contribution in [0.4, 0.5) is 5.69 Å². The summed E-state index contributed by atoms with van der Waals surface area (Å²) in [5, 5.41) is 0.974. The van der Waals surface area contributed by atoms with Gasteiger partial charge in [0.15, 0.2) is 6.29 Å². The number of benzene rings is 3. The highest BCUT2D eigenvalue weighted by atomic mass is 16.5. The Balaban J connectivity index is 0.942. The third-order valence-electron chi connectivity index (χ3n) is 11.3. The van der Waals surface area contributed by atoms with Crippen molar-refractivity contribution < 1.29 is 14.3 Å². The van der Waals surface area contributed by atoms with E-state index in [0.29, 0.717) is 40.5 Å². The number of fused-ring (bicyclic) bond motifs is 1. The summed E-state index contributed by atoms with van der Waals surface area (Å²) in [4.78, 5) is 24.8. The summed E-state index contributed by atoms with van der Waals surface area (Å²) in [5.41, 5.74) is 5.81. The maximum absolute atomic E-state index is 11.9. The van der Waals surface area contributed by atoms with Crippen LogP contribution in [0.15, 0.2) is 97.3 Å². The van der Waals surface area contributed by atoms with Crippen LogP contribution in [0.1, 0.15) is 85.8 Å². The van der Waals surface area contributed by atoms with Crippen molar-refractivity contribution in [3.05, 3.63) is 114 Å². The normalized spacial score (nSPS) is 21.2. The molecule has 3 aliphatic rings. The summed E-state index contributed by atoms with van der Waals surface area (Å²) in [6.07, 6.45) is 11.6. The molecule has 0 amide bonds. The van der Waals surface area contributed by atoms with Gasteiger partial charge in [-0.15, -0.1) is 0 Å². The summed E-state index contributed by atoms with van der Waals surface area (Å²) in [7, 11) is 0. The van der Waals surface area contributed by atoms with E-state index in [0.717, 1.165) is 61.2 Å². The molecule has 7 heteroatoms. The third-order valence-corrected chi connectivity index (χ3v) is 11.3. The molecule has 3 fully saturated rings. The van der Waals surface area contributed by atoms with E-state index in [2.05, 4.69) is 88.2 Å². The van der Waals surface area contributed by atoms with Crippen molar-refractivity contribution in [2.75, 3.05) is 24.5 Å². The lowest BCUT2D eigenvalue weighted by Gasteiger charge is -2.58. The van der Waals surface area contributed by atoms with Crippen LogP contribution >= 0.6 is 0 Å². The number of rotatable bonds is 9. The molecule has 252 valence electrons. The number of likely N-dealkylation sites (tertiary alicyclic amines) is 1. The first-order valence-corrected chi connectivity index (χ1v) is 18.0. The first-order valence-electron chi connectivity index (χ1n) is 18.0. The molecule has 2 unspecified atom stereocenters. The predicted molar refractivity (Wildman–Crippen MR) is 195 cm³/mol. The van der Waals surface area contributed by atoms with Crippen LogP contribution in [0, 0.1) is 5.41 Å². The number of hydrogen-bond acceptors (Lipinski definition) is 6. The van der Waals surface area contributed by atoms with Gasteiger partial charge in [0.05, 0.1) is 11.8 Å². The molecule has 4 heterocycles. The fourth-order valence-electron chi connectivity index (χ4n) is 8.66. The van der Waals surface area contributed by atoms with Crippen molar-refractivity contribution in [1.29, 1.82) is 0 Å². The van der Waals surface area contributed by atoms with Gasteiger partial charge in [0.25, 0.3) is 0 Å².